The van der Waals surface area contributed by atoms with E-state index in [0.29, 0.717) is 0 Å². The normalized spacial score (nSPS) is 11.9. The first-order valence-corrected chi connectivity index (χ1v) is 5.85. The molecule has 20 heavy (non-hydrogen) atoms. The van der Waals surface area contributed by atoms with Gasteiger partial charge in [-0.2, -0.15) is 0 Å². The van der Waals surface area contributed by atoms with Crippen LogP contribution in [0.4, 0.5) is 10.1 Å². The number of carbonyl (C=O) groups is 1. The third kappa shape index (κ3) is 4.56. The van der Waals surface area contributed by atoms with Crippen molar-refractivity contribution in [2.75, 3.05) is 20.3 Å². The number of nitro groups is 1. The number of aliphatic hydroxyl groups excluding tert-OH is 1. The molecule has 110 valence electrons. The topological polar surface area (TPSA) is 102 Å². The zero-order valence-electron chi connectivity index (χ0n) is 10.8. The van der Waals surface area contributed by atoms with Gasteiger partial charge in [0.05, 0.1) is 23.2 Å². The lowest BCUT2D eigenvalue weighted by Crippen LogP contribution is -2.29. The lowest BCUT2D eigenvalue weighted by molar-refractivity contribution is -0.384. The Morgan fingerprint density at radius 1 is 1.60 bits per heavy atom. The lowest BCUT2D eigenvalue weighted by Gasteiger charge is -2.10. The predicted octanol–water partition coefficient (Wildman–Crippen LogP) is 0.861. The molecule has 7 nitrogen and oxygen atoms in total. The number of benzene rings is 1. The molecule has 0 spiro atoms. The van der Waals surface area contributed by atoms with Crippen molar-refractivity contribution in [3.63, 3.8) is 0 Å². The minimum atomic E-state index is -0.842. The van der Waals surface area contributed by atoms with Gasteiger partial charge < -0.3 is 15.2 Å². The van der Waals surface area contributed by atoms with Crippen molar-refractivity contribution < 1.29 is 24.0 Å². The van der Waals surface area contributed by atoms with Crippen molar-refractivity contribution in [1.82, 2.24) is 5.32 Å². The van der Waals surface area contributed by atoms with Crippen molar-refractivity contribution >= 4 is 11.6 Å². The van der Waals surface area contributed by atoms with E-state index in [0.717, 1.165) is 18.2 Å². The fourth-order valence-corrected chi connectivity index (χ4v) is 1.52. The smallest absolute Gasteiger partial charge is 0.270 e. The van der Waals surface area contributed by atoms with Crippen molar-refractivity contribution in [3.05, 3.63) is 39.7 Å². The molecule has 0 saturated heterocycles. The van der Waals surface area contributed by atoms with Crippen molar-refractivity contribution in [1.29, 1.82) is 0 Å². The highest BCUT2D eigenvalue weighted by molar-refractivity contribution is 5.95. The Morgan fingerprint density at radius 3 is 2.90 bits per heavy atom. The molecule has 0 fully saturated rings. The van der Waals surface area contributed by atoms with Crippen LogP contribution in [-0.2, 0) is 4.74 Å². The Hall–Kier alpha value is -2.06. The summed E-state index contributed by atoms with van der Waals surface area (Å²) in [5.74, 6) is -1.61. The Labute approximate surface area is 114 Å². The molecule has 0 aliphatic rings. The van der Waals surface area contributed by atoms with Gasteiger partial charge in [0.2, 0.25) is 0 Å². The molecule has 0 aromatic heterocycles. The number of methoxy groups -OCH3 is 1. The van der Waals surface area contributed by atoms with Crippen LogP contribution in [0.15, 0.2) is 18.2 Å². The second kappa shape index (κ2) is 7.51. The molecule has 0 heterocycles. The van der Waals surface area contributed by atoms with E-state index >= 15 is 0 Å². The average molecular weight is 286 g/mol. The minimum Gasteiger partial charge on any atom is -0.391 e. The molecule has 0 aliphatic heterocycles. The Bertz CT molecular complexity index is 495. The van der Waals surface area contributed by atoms with Crippen LogP contribution in [0.25, 0.3) is 0 Å². The highest BCUT2D eigenvalue weighted by Gasteiger charge is 2.16. The third-order valence-electron chi connectivity index (χ3n) is 2.53. The third-order valence-corrected chi connectivity index (χ3v) is 2.53. The number of carbonyl (C=O) groups excluding carboxylic acids is 1. The fraction of sp³-hybridized carbons (Fsp3) is 0.417. The second-order valence-electron chi connectivity index (χ2n) is 4.08. The summed E-state index contributed by atoms with van der Waals surface area (Å²) >= 11 is 0. The quantitative estimate of drug-likeness (QED) is 0.572. The summed E-state index contributed by atoms with van der Waals surface area (Å²) in [5, 5.41) is 22.3. The van der Waals surface area contributed by atoms with E-state index in [1.807, 2.05) is 0 Å². The number of amides is 1. The molecule has 0 aliphatic carbocycles. The molecule has 0 bridgehead atoms. The van der Waals surface area contributed by atoms with Gasteiger partial charge in [-0.3, -0.25) is 14.9 Å². The van der Waals surface area contributed by atoms with Crippen LogP contribution in [0.2, 0.25) is 0 Å². The van der Waals surface area contributed by atoms with Crippen LogP contribution in [0.3, 0.4) is 0 Å². The molecule has 1 amide bonds. The summed E-state index contributed by atoms with van der Waals surface area (Å²) in [7, 11) is 1.43. The van der Waals surface area contributed by atoms with E-state index in [-0.39, 0.29) is 25.3 Å². The summed E-state index contributed by atoms with van der Waals surface area (Å²) in [5.41, 5.74) is -0.767. The van der Waals surface area contributed by atoms with Gasteiger partial charge in [0, 0.05) is 25.8 Å². The molecule has 1 atom stereocenters. The first kappa shape index (κ1) is 16.0. The molecule has 0 radical (unpaired) electrons. The van der Waals surface area contributed by atoms with Crippen molar-refractivity contribution in [2.45, 2.75) is 12.5 Å². The SMILES string of the molecule is COCC(O)CCNC(=O)c1cc([N+](=O)[O-])ccc1F. The Kier molecular flexibility index (Phi) is 6.01. The summed E-state index contributed by atoms with van der Waals surface area (Å²) in [6.07, 6.45) is -0.508. The van der Waals surface area contributed by atoms with E-state index < -0.39 is 28.3 Å². The first-order valence-electron chi connectivity index (χ1n) is 5.85. The number of ether oxygens (including phenoxy) is 1. The standard InChI is InChI=1S/C12H15FN2O5/c1-20-7-9(16)4-5-14-12(17)10-6-8(15(18)19)2-3-11(10)13/h2-3,6,9,16H,4-5,7H2,1H3,(H,14,17). The van der Waals surface area contributed by atoms with Crippen molar-refractivity contribution in [2.24, 2.45) is 0 Å². The molecule has 1 unspecified atom stereocenters. The van der Waals surface area contributed by atoms with Gasteiger partial charge in [0.25, 0.3) is 11.6 Å². The number of hydrogen-bond acceptors (Lipinski definition) is 5. The van der Waals surface area contributed by atoms with Gasteiger partial charge in [-0.1, -0.05) is 0 Å². The van der Waals surface area contributed by atoms with Gasteiger partial charge in [-0.15, -0.1) is 0 Å². The maximum absolute atomic E-state index is 13.4. The molecule has 2 N–H and O–H groups in total. The van der Waals surface area contributed by atoms with E-state index in [2.05, 4.69) is 5.32 Å². The van der Waals surface area contributed by atoms with Gasteiger partial charge in [0.15, 0.2) is 0 Å². The van der Waals surface area contributed by atoms with Crippen LogP contribution in [0.5, 0.6) is 0 Å². The van der Waals surface area contributed by atoms with Gasteiger partial charge in [-0.25, -0.2) is 4.39 Å². The van der Waals surface area contributed by atoms with E-state index in [1.165, 1.54) is 7.11 Å². The summed E-state index contributed by atoms with van der Waals surface area (Å²) in [6.45, 7) is 0.229. The zero-order valence-corrected chi connectivity index (χ0v) is 10.8. The molecule has 1 aromatic rings. The maximum atomic E-state index is 13.4. The molecule has 1 rings (SSSR count). The van der Waals surface area contributed by atoms with Gasteiger partial charge in [-0.05, 0) is 12.5 Å². The molecule has 0 saturated carbocycles. The number of rotatable bonds is 7. The van der Waals surface area contributed by atoms with E-state index in [1.54, 1.807) is 0 Å². The highest BCUT2D eigenvalue weighted by atomic mass is 19.1. The summed E-state index contributed by atoms with van der Waals surface area (Å²) in [6, 6.07) is 2.72. The number of nitro benzene ring substituents is 1. The van der Waals surface area contributed by atoms with Gasteiger partial charge >= 0.3 is 0 Å². The van der Waals surface area contributed by atoms with Crippen LogP contribution < -0.4 is 5.32 Å². The van der Waals surface area contributed by atoms with Crippen LogP contribution in [0.1, 0.15) is 16.8 Å². The number of nitrogens with one attached hydrogen (secondary N) is 1. The number of nitrogens with zero attached hydrogens (tertiary/aromatic N) is 1. The Balaban J connectivity index is 2.63. The molecular weight excluding hydrogens is 271 g/mol. The van der Waals surface area contributed by atoms with Crippen molar-refractivity contribution in [3.8, 4) is 0 Å². The largest absolute Gasteiger partial charge is 0.391 e. The number of halogens is 1. The van der Waals surface area contributed by atoms with Crippen LogP contribution in [-0.4, -0.2) is 42.3 Å². The lowest BCUT2D eigenvalue weighted by atomic mass is 10.1. The number of hydrogen-bond donors (Lipinski definition) is 2. The fourth-order valence-electron chi connectivity index (χ4n) is 1.52. The molecular formula is C12H15FN2O5. The maximum Gasteiger partial charge on any atom is 0.270 e. The Morgan fingerprint density at radius 2 is 2.30 bits per heavy atom. The zero-order chi connectivity index (χ0) is 15.1. The highest BCUT2D eigenvalue weighted by Crippen LogP contribution is 2.16. The molecule has 8 heteroatoms. The monoisotopic (exact) mass is 286 g/mol. The predicted molar refractivity (Wildman–Crippen MR) is 67.9 cm³/mol. The van der Waals surface area contributed by atoms with Crippen LogP contribution >= 0.6 is 0 Å². The first-order chi connectivity index (χ1) is 9.45. The van der Waals surface area contributed by atoms with Gasteiger partial charge in [0.1, 0.15) is 5.82 Å². The average Bonchev–Trinajstić information content (AvgIpc) is 2.39. The van der Waals surface area contributed by atoms with Crippen LogP contribution in [0, 0.1) is 15.9 Å². The minimum absolute atomic E-state index is 0.103. The summed E-state index contributed by atoms with van der Waals surface area (Å²) in [4.78, 5) is 21.6. The molecule has 1 aromatic carbocycles. The second-order valence-corrected chi connectivity index (χ2v) is 4.08. The van der Waals surface area contributed by atoms with E-state index in [4.69, 9.17) is 4.74 Å². The number of aliphatic hydroxyl groups is 1. The van der Waals surface area contributed by atoms with E-state index in [9.17, 15) is 24.4 Å². The summed E-state index contributed by atoms with van der Waals surface area (Å²) < 4.78 is 18.1. The number of non-ortho nitro benzene ring substituents is 1.